The summed E-state index contributed by atoms with van der Waals surface area (Å²) in [4.78, 5) is 0. The van der Waals surface area contributed by atoms with Gasteiger partial charge in [0.1, 0.15) is 17.4 Å². The maximum absolute atomic E-state index is 14.9. The monoisotopic (exact) mass is 428 g/mol. The van der Waals surface area contributed by atoms with Crippen LogP contribution in [0.15, 0.2) is 91.0 Å². The largest absolute Gasteiger partial charge is 0.494 e. The van der Waals surface area contributed by atoms with E-state index in [1.807, 2.05) is 92.7 Å². The first-order valence-electron chi connectivity index (χ1n) is 10.9. The summed E-state index contributed by atoms with van der Waals surface area (Å²) in [7, 11) is 0. The molecule has 0 saturated heterocycles. The van der Waals surface area contributed by atoms with Crippen LogP contribution in [0.4, 0.5) is 8.78 Å². The van der Waals surface area contributed by atoms with Crippen LogP contribution in [0.5, 0.6) is 5.75 Å². The van der Waals surface area contributed by atoms with E-state index in [1.54, 1.807) is 0 Å². The normalized spacial score (nSPS) is 11.9. The number of halogens is 2. The fourth-order valence-electron chi connectivity index (χ4n) is 3.94. The maximum Gasteiger partial charge on any atom is 0.129 e. The molecule has 3 heteroatoms. The van der Waals surface area contributed by atoms with Crippen LogP contribution in [0.25, 0.3) is 22.3 Å². The lowest BCUT2D eigenvalue weighted by atomic mass is 9.92. The third-order valence-corrected chi connectivity index (χ3v) is 5.74. The SMILES string of the molecule is CCOc1ccc(-c2ccc(-c3cc(F)c(CC(C)c4ccccc4)c(F)c3)cc2)cc1. The van der Waals surface area contributed by atoms with Crippen LogP contribution in [-0.4, -0.2) is 6.61 Å². The van der Waals surface area contributed by atoms with Crippen LogP contribution in [0, 0.1) is 11.6 Å². The van der Waals surface area contributed by atoms with Crippen molar-refractivity contribution >= 4 is 0 Å². The molecule has 4 rings (SSSR count). The Kier molecular flexibility index (Phi) is 6.65. The van der Waals surface area contributed by atoms with Gasteiger partial charge in [0.25, 0.3) is 0 Å². The van der Waals surface area contributed by atoms with Gasteiger partial charge in [0.2, 0.25) is 0 Å². The van der Waals surface area contributed by atoms with Gasteiger partial charge in [-0.1, -0.05) is 73.7 Å². The molecule has 0 aliphatic carbocycles. The van der Waals surface area contributed by atoms with Gasteiger partial charge in [0, 0.05) is 5.56 Å². The summed E-state index contributed by atoms with van der Waals surface area (Å²) >= 11 is 0. The molecule has 0 amide bonds. The van der Waals surface area contributed by atoms with Gasteiger partial charge in [-0.25, -0.2) is 8.78 Å². The first-order chi connectivity index (χ1) is 15.5. The average Bonchev–Trinajstić information content (AvgIpc) is 2.82. The van der Waals surface area contributed by atoms with E-state index >= 15 is 0 Å². The molecule has 162 valence electrons. The van der Waals surface area contributed by atoms with Crippen molar-refractivity contribution < 1.29 is 13.5 Å². The highest BCUT2D eigenvalue weighted by Crippen LogP contribution is 2.30. The Morgan fingerprint density at radius 2 is 1.19 bits per heavy atom. The van der Waals surface area contributed by atoms with Gasteiger partial charge < -0.3 is 4.74 Å². The molecule has 0 spiro atoms. The molecule has 32 heavy (non-hydrogen) atoms. The predicted molar refractivity (Wildman–Crippen MR) is 127 cm³/mol. The fraction of sp³-hybridized carbons (Fsp3) is 0.172. The van der Waals surface area contributed by atoms with Crippen molar-refractivity contribution in [1.82, 2.24) is 0 Å². The first-order valence-corrected chi connectivity index (χ1v) is 10.9. The van der Waals surface area contributed by atoms with Crippen molar-refractivity contribution in [2.75, 3.05) is 6.61 Å². The lowest BCUT2D eigenvalue weighted by molar-refractivity contribution is 0.340. The van der Waals surface area contributed by atoms with E-state index in [0.717, 1.165) is 28.0 Å². The number of hydrogen-bond acceptors (Lipinski definition) is 1. The van der Waals surface area contributed by atoms with Crippen molar-refractivity contribution in [1.29, 1.82) is 0 Å². The molecule has 0 radical (unpaired) electrons. The standard InChI is InChI=1S/C29H26F2O/c1-3-32-26-15-13-23(14-16-26)22-9-11-24(12-10-22)25-18-28(30)27(29(31)19-25)17-20(2)21-7-5-4-6-8-21/h4-16,18-20H,3,17H2,1-2H3. The summed E-state index contributed by atoms with van der Waals surface area (Å²) in [5, 5.41) is 0. The molecule has 4 aromatic rings. The van der Waals surface area contributed by atoms with Crippen molar-refractivity contribution in [3.05, 3.63) is 114 Å². The predicted octanol–water partition coefficient (Wildman–Crippen LogP) is 8.04. The van der Waals surface area contributed by atoms with E-state index in [2.05, 4.69) is 0 Å². The van der Waals surface area contributed by atoms with Crippen LogP contribution < -0.4 is 4.74 Å². The van der Waals surface area contributed by atoms with Crippen molar-refractivity contribution in [2.45, 2.75) is 26.2 Å². The fourth-order valence-corrected chi connectivity index (χ4v) is 3.94. The Bertz CT molecular complexity index is 1140. The van der Waals surface area contributed by atoms with E-state index in [0.29, 0.717) is 18.6 Å². The number of hydrogen-bond donors (Lipinski definition) is 0. The molecule has 0 saturated carbocycles. The third kappa shape index (κ3) is 4.88. The van der Waals surface area contributed by atoms with Gasteiger partial charge in [-0.3, -0.25) is 0 Å². The van der Waals surface area contributed by atoms with E-state index in [4.69, 9.17) is 4.74 Å². The second-order valence-electron chi connectivity index (χ2n) is 7.97. The number of ether oxygens (including phenoxy) is 1. The quantitative estimate of drug-likeness (QED) is 0.289. The maximum atomic E-state index is 14.9. The Morgan fingerprint density at radius 3 is 1.72 bits per heavy atom. The molecule has 0 fully saturated rings. The van der Waals surface area contributed by atoms with Crippen LogP contribution in [-0.2, 0) is 6.42 Å². The Labute approximate surface area is 188 Å². The molecule has 1 atom stereocenters. The van der Waals surface area contributed by atoms with Gasteiger partial charge in [-0.2, -0.15) is 0 Å². The highest BCUT2D eigenvalue weighted by molar-refractivity contribution is 5.71. The van der Waals surface area contributed by atoms with Crippen molar-refractivity contribution in [3.63, 3.8) is 0 Å². The lowest BCUT2D eigenvalue weighted by Crippen LogP contribution is -2.04. The minimum Gasteiger partial charge on any atom is -0.494 e. The van der Waals surface area contributed by atoms with Crippen LogP contribution in [0.2, 0.25) is 0 Å². The van der Waals surface area contributed by atoms with Crippen LogP contribution in [0.3, 0.4) is 0 Å². The molecule has 0 N–H and O–H groups in total. The Hall–Kier alpha value is -3.46. The molecule has 0 bridgehead atoms. The van der Waals surface area contributed by atoms with Crippen molar-refractivity contribution in [3.8, 4) is 28.0 Å². The highest BCUT2D eigenvalue weighted by atomic mass is 19.1. The highest BCUT2D eigenvalue weighted by Gasteiger charge is 2.16. The van der Waals surface area contributed by atoms with Gasteiger partial charge in [0.15, 0.2) is 0 Å². The van der Waals surface area contributed by atoms with Crippen molar-refractivity contribution in [2.24, 2.45) is 0 Å². The summed E-state index contributed by atoms with van der Waals surface area (Å²) in [5.41, 5.74) is 4.61. The summed E-state index contributed by atoms with van der Waals surface area (Å²) < 4.78 is 35.2. The molecule has 0 aliphatic heterocycles. The van der Waals surface area contributed by atoms with E-state index in [1.165, 1.54) is 12.1 Å². The second kappa shape index (κ2) is 9.78. The third-order valence-electron chi connectivity index (χ3n) is 5.74. The minimum atomic E-state index is -0.502. The Morgan fingerprint density at radius 1 is 0.688 bits per heavy atom. The molecular formula is C29H26F2O. The zero-order chi connectivity index (χ0) is 22.5. The molecule has 0 heterocycles. The lowest BCUT2D eigenvalue weighted by Gasteiger charge is -2.14. The zero-order valence-electron chi connectivity index (χ0n) is 18.3. The topological polar surface area (TPSA) is 9.23 Å². The van der Waals surface area contributed by atoms with E-state index < -0.39 is 11.6 Å². The van der Waals surface area contributed by atoms with E-state index in [-0.39, 0.29) is 11.5 Å². The van der Waals surface area contributed by atoms with Gasteiger partial charge in [0.05, 0.1) is 6.61 Å². The molecule has 0 aliphatic rings. The first kappa shape index (κ1) is 21.8. The summed E-state index contributed by atoms with van der Waals surface area (Å²) in [6.07, 6.45) is 0.318. The number of rotatable bonds is 7. The summed E-state index contributed by atoms with van der Waals surface area (Å²) in [6.45, 7) is 4.57. The van der Waals surface area contributed by atoms with Gasteiger partial charge >= 0.3 is 0 Å². The number of benzene rings is 4. The van der Waals surface area contributed by atoms with Crippen LogP contribution in [0.1, 0.15) is 30.9 Å². The smallest absolute Gasteiger partial charge is 0.129 e. The molecule has 1 nitrogen and oxygen atoms in total. The molecule has 4 aromatic carbocycles. The average molecular weight is 429 g/mol. The van der Waals surface area contributed by atoms with Gasteiger partial charge in [-0.05, 0) is 71.3 Å². The molecule has 0 aromatic heterocycles. The minimum absolute atomic E-state index is 0.0273. The zero-order valence-corrected chi connectivity index (χ0v) is 18.3. The Balaban J connectivity index is 1.54. The van der Waals surface area contributed by atoms with E-state index in [9.17, 15) is 8.78 Å². The van der Waals surface area contributed by atoms with Crippen LogP contribution >= 0.6 is 0 Å². The second-order valence-corrected chi connectivity index (χ2v) is 7.97. The summed E-state index contributed by atoms with van der Waals surface area (Å²) in [6, 6.07) is 28.3. The molecule has 1 unspecified atom stereocenters. The molecular weight excluding hydrogens is 402 g/mol. The summed E-state index contributed by atoms with van der Waals surface area (Å²) in [5.74, 6) is -0.142. The van der Waals surface area contributed by atoms with Gasteiger partial charge in [-0.15, -0.1) is 0 Å².